The van der Waals surface area contributed by atoms with E-state index in [1.165, 1.54) is 12.1 Å². The van der Waals surface area contributed by atoms with Crippen LogP contribution in [0.25, 0.3) is 0 Å². The highest BCUT2D eigenvalue weighted by atomic mass is 79.9. The molecule has 0 atom stereocenters. The van der Waals surface area contributed by atoms with Crippen molar-refractivity contribution in [3.05, 3.63) is 34.1 Å². The average molecular weight is 302 g/mol. The predicted octanol–water partition coefficient (Wildman–Crippen LogP) is 3.75. The molecule has 0 aliphatic heterocycles. The fourth-order valence-corrected chi connectivity index (χ4v) is 1.92. The lowest BCUT2D eigenvalue weighted by atomic mass is 10.0. The maximum atomic E-state index is 13.5. The van der Waals surface area contributed by atoms with Crippen molar-refractivity contribution in [3.63, 3.8) is 0 Å². The van der Waals surface area contributed by atoms with Crippen LogP contribution in [0, 0.1) is 11.7 Å². The second-order valence-electron chi connectivity index (χ2n) is 4.02. The predicted molar refractivity (Wildman–Crippen MR) is 70.5 cm³/mol. The Labute approximate surface area is 110 Å². The summed E-state index contributed by atoms with van der Waals surface area (Å²) in [5.41, 5.74) is 0.0964. The number of amides is 1. The molecule has 1 N–H and O–H groups in total. The molecule has 1 rings (SSSR count). The number of nitrogens with one attached hydrogen (secondary N) is 1. The monoisotopic (exact) mass is 301 g/mol. The zero-order valence-corrected chi connectivity index (χ0v) is 11.7. The maximum absolute atomic E-state index is 13.5. The van der Waals surface area contributed by atoms with Crippen molar-refractivity contribution < 1.29 is 9.18 Å². The molecule has 1 amide bonds. The van der Waals surface area contributed by atoms with Crippen molar-refractivity contribution in [2.24, 2.45) is 5.92 Å². The molecule has 4 heteroatoms. The maximum Gasteiger partial charge on any atom is 0.254 e. The highest BCUT2D eigenvalue weighted by Crippen LogP contribution is 2.15. The second-order valence-corrected chi connectivity index (χ2v) is 4.93. The summed E-state index contributed by atoms with van der Waals surface area (Å²) in [6, 6.07) is 4.45. The molecule has 0 aliphatic rings. The molecule has 0 heterocycles. The van der Waals surface area contributed by atoms with Gasteiger partial charge in [0.1, 0.15) is 5.82 Å². The third-order valence-corrected chi connectivity index (χ3v) is 3.38. The van der Waals surface area contributed by atoms with E-state index in [0.717, 1.165) is 12.8 Å². The minimum absolute atomic E-state index is 0.0964. The van der Waals surface area contributed by atoms with Gasteiger partial charge in [-0.2, -0.15) is 0 Å². The summed E-state index contributed by atoms with van der Waals surface area (Å²) in [5, 5.41) is 2.77. The van der Waals surface area contributed by atoms with Crippen LogP contribution in [0.2, 0.25) is 0 Å². The SMILES string of the molecule is CCC(CC)CNC(=O)c1ccc(Br)cc1F. The average Bonchev–Trinajstić information content (AvgIpc) is 2.30. The topological polar surface area (TPSA) is 29.1 Å². The third-order valence-electron chi connectivity index (χ3n) is 2.88. The Morgan fingerprint density at radius 2 is 2.06 bits per heavy atom. The molecule has 1 aromatic rings. The molecule has 0 radical (unpaired) electrons. The first-order valence-corrected chi connectivity index (χ1v) is 6.61. The number of hydrogen-bond donors (Lipinski definition) is 1. The van der Waals surface area contributed by atoms with Gasteiger partial charge in [0, 0.05) is 11.0 Å². The van der Waals surface area contributed by atoms with Crippen molar-refractivity contribution >= 4 is 21.8 Å². The fraction of sp³-hybridized carbons (Fsp3) is 0.462. The van der Waals surface area contributed by atoms with E-state index in [4.69, 9.17) is 0 Å². The smallest absolute Gasteiger partial charge is 0.254 e. The van der Waals surface area contributed by atoms with Gasteiger partial charge in [0.15, 0.2) is 0 Å². The van der Waals surface area contributed by atoms with Gasteiger partial charge in [0.25, 0.3) is 5.91 Å². The van der Waals surface area contributed by atoms with Crippen molar-refractivity contribution in [1.29, 1.82) is 0 Å². The normalized spacial score (nSPS) is 10.6. The molecule has 0 bridgehead atoms. The molecule has 2 nitrogen and oxygen atoms in total. The first kappa shape index (κ1) is 14.2. The summed E-state index contributed by atoms with van der Waals surface area (Å²) in [6.45, 7) is 4.77. The number of benzene rings is 1. The molecule has 0 saturated carbocycles. The van der Waals surface area contributed by atoms with Crippen LogP contribution in [0.15, 0.2) is 22.7 Å². The van der Waals surface area contributed by atoms with E-state index in [2.05, 4.69) is 35.1 Å². The first-order chi connectivity index (χ1) is 8.08. The summed E-state index contributed by atoms with van der Waals surface area (Å²) in [6.07, 6.45) is 2.03. The summed E-state index contributed by atoms with van der Waals surface area (Å²) in [7, 11) is 0. The van der Waals surface area contributed by atoms with E-state index in [1.54, 1.807) is 6.07 Å². The third kappa shape index (κ3) is 4.11. The van der Waals surface area contributed by atoms with Crippen LogP contribution in [0.4, 0.5) is 4.39 Å². The van der Waals surface area contributed by atoms with Crippen LogP contribution < -0.4 is 5.32 Å². The van der Waals surface area contributed by atoms with Crippen LogP contribution in [-0.2, 0) is 0 Å². The fourth-order valence-electron chi connectivity index (χ4n) is 1.58. The standard InChI is InChI=1S/C13H17BrFNO/c1-3-9(4-2)8-16-13(17)11-6-5-10(14)7-12(11)15/h5-7,9H,3-4,8H2,1-2H3,(H,16,17). The lowest BCUT2D eigenvalue weighted by Crippen LogP contribution is -2.29. The van der Waals surface area contributed by atoms with Crippen molar-refractivity contribution in [3.8, 4) is 0 Å². The Morgan fingerprint density at radius 3 is 2.59 bits per heavy atom. The van der Waals surface area contributed by atoms with Crippen molar-refractivity contribution in [2.45, 2.75) is 26.7 Å². The van der Waals surface area contributed by atoms with Gasteiger partial charge in [-0.3, -0.25) is 4.79 Å². The second kappa shape index (κ2) is 6.74. The summed E-state index contributed by atoms with van der Waals surface area (Å²) < 4.78 is 14.1. The van der Waals surface area contributed by atoms with E-state index in [1.807, 2.05) is 0 Å². The minimum Gasteiger partial charge on any atom is -0.352 e. The summed E-state index contributed by atoms with van der Waals surface area (Å²) in [4.78, 5) is 11.7. The lowest BCUT2D eigenvalue weighted by Gasteiger charge is -2.13. The Balaban J connectivity index is 2.64. The molecule has 94 valence electrons. The van der Waals surface area contributed by atoms with Gasteiger partial charge < -0.3 is 5.32 Å². The highest BCUT2D eigenvalue weighted by Gasteiger charge is 2.12. The molecule has 1 aromatic carbocycles. The molecule has 0 spiro atoms. The Hall–Kier alpha value is -0.900. The van der Waals surface area contributed by atoms with E-state index in [9.17, 15) is 9.18 Å². The van der Waals surface area contributed by atoms with Gasteiger partial charge in [-0.25, -0.2) is 4.39 Å². The van der Waals surface area contributed by atoms with Crippen LogP contribution in [0.3, 0.4) is 0 Å². The van der Waals surface area contributed by atoms with E-state index in [0.29, 0.717) is 16.9 Å². The lowest BCUT2D eigenvalue weighted by molar-refractivity contribution is 0.0942. The van der Waals surface area contributed by atoms with Crippen LogP contribution in [-0.4, -0.2) is 12.5 Å². The Bertz CT molecular complexity index is 391. The molecule has 0 saturated heterocycles. The Kier molecular flexibility index (Phi) is 5.62. The van der Waals surface area contributed by atoms with E-state index in [-0.39, 0.29) is 11.5 Å². The molecule has 17 heavy (non-hydrogen) atoms. The Morgan fingerprint density at radius 1 is 1.41 bits per heavy atom. The number of carbonyl (C=O) groups is 1. The first-order valence-electron chi connectivity index (χ1n) is 5.81. The number of halogens is 2. The molecule has 0 fully saturated rings. The number of rotatable bonds is 5. The largest absolute Gasteiger partial charge is 0.352 e. The highest BCUT2D eigenvalue weighted by molar-refractivity contribution is 9.10. The van der Waals surface area contributed by atoms with Crippen molar-refractivity contribution in [2.75, 3.05) is 6.54 Å². The van der Waals surface area contributed by atoms with E-state index < -0.39 is 5.82 Å². The van der Waals surface area contributed by atoms with E-state index >= 15 is 0 Å². The zero-order chi connectivity index (χ0) is 12.8. The summed E-state index contributed by atoms with van der Waals surface area (Å²) in [5.74, 6) is -0.388. The summed E-state index contributed by atoms with van der Waals surface area (Å²) >= 11 is 3.16. The van der Waals surface area contributed by atoms with Crippen LogP contribution >= 0.6 is 15.9 Å². The molecular formula is C13H17BrFNO. The zero-order valence-electron chi connectivity index (χ0n) is 10.1. The number of hydrogen-bond acceptors (Lipinski definition) is 1. The van der Waals surface area contributed by atoms with Crippen molar-refractivity contribution in [1.82, 2.24) is 5.32 Å². The molecule has 0 unspecified atom stereocenters. The quantitative estimate of drug-likeness (QED) is 0.881. The van der Waals surface area contributed by atoms with Crippen LogP contribution in [0.1, 0.15) is 37.0 Å². The van der Waals surface area contributed by atoms with Gasteiger partial charge in [-0.05, 0) is 24.1 Å². The molecule has 0 aliphatic carbocycles. The van der Waals surface area contributed by atoms with Gasteiger partial charge in [-0.15, -0.1) is 0 Å². The van der Waals surface area contributed by atoms with Gasteiger partial charge in [-0.1, -0.05) is 42.6 Å². The molecular weight excluding hydrogens is 285 g/mol. The minimum atomic E-state index is -0.499. The van der Waals surface area contributed by atoms with Crippen LogP contribution in [0.5, 0.6) is 0 Å². The van der Waals surface area contributed by atoms with Gasteiger partial charge >= 0.3 is 0 Å². The number of carbonyl (C=O) groups excluding carboxylic acids is 1. The molecule has 0 aromatic heterocycles. The van der Waals surface area contributed by atoms with Gasteiger partial charge in [0.05, 0.1) is 5.56 Å². The van der Waals surface area contributed by atoms with Gasteiger partial charge in [0.2, 0.25) is 0 Å².